The van der Waals surface area contributed by atoms with Gasteiger partial charge in [0.1, 0.15) is 11.5 Å². The third-order valence-corrected chi connectivity index (χ3v) is 5.58. The molecule has 0 aliphatic heterocycles. The predicted octanol–water partition coefficient (Wildman–Crippen LogP) is 4.66. The van der Waals surface area contributed by atoms with Crippen molar-refractivity contribution >= 4 is 21.6 Å². The zero-order chi connectivity index (χ0) is 18.0. The summed E-state index contributed by atoms with van der Waals surface area (Å²) >= 11 is 1.51. The van der Waals surface area contributed by atoms with Gasteiger partial charge >= 0.3 is 0 Å². The highest BCUT2D eigenvalue weighted by Crippen LogP contribution is 2.39. The number of thioether (sulfide) groups is 1. The van der Waals surface area contributed by atoms with E-state index in [1.807, 2.05) is 6.92 Å². The summed E-state index contributed by atoms with van der Waals surface area (Å²) in [4.78, 5) is 0.242. The normalized spacial score (nSPS) is 11.6. The van der Waals surface area contributed by atoms with Gasteiger partial charge in [0.25, 0.3) is 0 Å². The van der Waals surface area contributed by atoms with E-state index < -0.39 is 9.84 Å². The van der Waals surface area contributed by atoms with Crippen molar-refractivity contribution in [2.45, 2.75) is 16.9 Å². The van der Waals surface area contributed by atoms with Gasteiger partial charge in [0, 0.05) is 11.8 Å². The summed E-state index contributed by atoms with van der Waals surface area (Å²) < 4.78 is 42.0. The van der Waals surface area contributed by atoms with Crippen molar-refractivity contribution < 1.29 is 17.3 Å². The van der Waals surface area contributed by atoms with Crippen LogP contribution in [0.25, 0.3) is 22.4 Å². The topological polar surface area (TPSA) is 60.2 Å². The van der Waals surface area contributed by atoms with Gasteiger partial charge in [-0.05, 0) is 35.6 Å². The molecule has 1 heterocycles. The molecule has 0 bridgehead atoms. The average Bonchev–Trinajstić information content (AvgIpc) is 2.99. The number of hydrogen-bond acceptors (Lipinski definition) is 5. The lowest BCUT2D eigenvalue weighted by atomic mass is 10.0. The van der Waals surface area contributed by atoms with Crippen LogP contribution in [0.4, 0.5) is 4.39 Å². The first-order chi connectivity index (χ1) is 11.9. The fourth-order valence-electron chi connectivity index (χ4n) is 2.43. The molecule has 2 aromatic carbocycles. The summed E-state index contributed by atoms with van der Waals surface area (Å²) in [6.07, 6.45) is 1.16. The monoisotopic (exact) mass is 377 g/mol. The number of aromatic nitrogens is 1. The van der Waals surface area contributed by atoms with Crippen molar-refractivity contribution in [3.05, 3.63) is 54.3 Å². The van der Waals surface area contributed by atoms with Crippen molar-refractivity contribution in [2.24, 2.45) is 0 Å². The van der Waals surface area contributed by atoms with Crippen molar-refractivity contribution in [3.63, 3.8) is 0 Å². The molecule has 0 aliphatic carbocycles. The Kier molecular flexibility index (Phi) is 4.96. The number of benzene rings is 2. The van der Waals surface area contributed by atoms with Crippen molar-refractivity contribution in [1.29, 1.82) is 0 Å². The van der Waals surface area contributed by atoms with Crippen LogP contribution < -0.4 is 0 Å². The Labute approximate surface area is 150 Å². The van der Waals surface area contributed by atoms with E-state index in [-0.39, 0.29) is 10.7 Å². The smallest absolute Gasteiger partial charge is 0.201 e. The zero-order valence-electron chi connectivity index (χ0n) is 13.7. The molecule has 3 aromatic rings. The van der Waals surface area contributed by atoms with Crippen LogP contribution in [-0.2, 0) is 9.84 Å². The number of sulfone groups is 1. The summed E-state index contributed by atoms with van der Waals surface area (Å²) in [5, 5.41) is 4.81. The van der Waals surface area contributed by atoms with Crippen LogP contribution in [0.3, 0.4) is 0 Å². The third-order valence-electron chi connectivity index (χ3n) is 3.63. The Hall–Kier alpha value is -2.12. The first kappa shape index (κ1) is 17.7. The van der Waals surface area contributed by atoms with E-state index in [1.54, 1.807) is 36.4 Å². The molecular formula is C18H16FNO3S2. The van der Waals surface area contributed by atoms with Crippen molar-refractivity contribution in [3.8, 4) is 22.4 Å². The summed E-state index contributed by atoms with van der Waals surface area (Å²) in [6, 6.07) is 12.6. The molecule has 0 aliphatic rings. The summed E-state index contributed by atoms with van der Waals surface area (Å²) in [5.41, 5.74) is 2.90. The van der Waals surface area contributed by atoms with Crippen LogP contribution in [0, 0.1) is 5.82 Å². The lowest BCUT2D eigenvalue weighted by Gasteiger charge is -2.05. The highest BCUT2D eigenvalue weighted by molar-refractivity contribution is 7.99. The number of hydrogen-bond donors (Lipinski definition) is 0. The molecule has 0 spiro atoms. The van der Waals surface area contributed by atoms with Gasteiger partial charge in [-0.2, -0.15) is 0 Å². The van der Waals surface area contributed by atoms with E-state index in [0.717, 1.165) is 28.7 Å². The number of rotatable bonds is 5. The van der Waals surface area contributed by atoms with E-state index in [1.165, 1.54) is 23.9 Å². The van der Waals surface area contributed by atoms with Gasteiger partial charge in [0.2, 0.25) is 5.09 Å². The fraction of sp³-hybridized carbons (Fsp3) is 0.167. The molecule has 7 heteroatoms. The number of nitrogens with zero attached hydrogens (tertiary/aromatic N) is 1. The minimum Gasteiger partial charge on any atom is -0.349 e. The molecule has 4 nitrogen and oxygen atoms in total. The van der Waals surface area contributed by atoms with Crippen LogP contribution in [0.1, 0.15) is 6.92 Å². The Bertz CT molecular complexity index is 978. The van der Waals surface area contributed by atoms with E-state index in [9.17, 15) is 12.8 Å². The van der Waals surface area contributed by atoms with Crippen molar-refractivity contribution in [1.82, 2.24) is 5.16 Å². The highest BCUT2D eigenvalue weighted by atomic mass is 32.2. The van der Waals surface area contributed by atoms with Crippen LogP contribution in [-0.4, -0.2) is 25.6 Å². The minimum absolute atomic E-state index is 0.242. The predicted molar refractivity (Wildman–Crippen MR) is 96.8 cm³/mol. The van der Waals surface area contributed by atoms with Gasteiger partial charge in [-0.3, -0.25) is 0 Å². The lowest BCUT2D eigenvalue weighted by Crippen LogP contribution is -1.96. The molecule has 130 valence electrons. The Morgan fingerprint density at radius 3 is 2.20 bits per heavy atom. The second kappa shape index (κ2) is 7.01. The molecular weight excluding hydrogens is 361 g/mol. The summed E-state index contributed by atoms with van der Waals surface area (Å²) in [7, 11) is -3.26. The number of halogens is 1. The van der Waals surface area contributed by atoms with Crippen molar-refractivity contribution in [2.75, 3.05) is 12.0 Å². The van der Waals surface area contributed by atoms with E-state index in [4.69, 9.17) is 4.52 Å². The van der Waals surface area contributed by atoms with Gasteiger partial charge in [-0.1, -0.05) is 48.1 Å². The first-order valence-corrected chi connectivity index (χ1v) is 10.5. The van der Waals surface area contributed by atoms with Gasteiger partial charge in [-0.15, -0.1) is 0 Å². The zero-order valence-corrected chi connectivity index (χ0v) is 15.3. The Morgan fingerprint density at radius 1 is 1.04 bits per heavy atom. The molecule has 3 rings (SSSR count). The van der Waals surface area contributed by atoms with Gasteiger partial charge in [0.05, 0.1) is 10.5 Å². The van der Waals surface area contributed by atoms with Gasteiger partial charge in [0.15, 0.2) is 9.84 Å². The average molecular weight is 377 g/mol. The molecule has 0 fully saturated rings. The standard InChI is InChI=1S/C18H16FNO3S2/c1-3-24-18-16(12-4-8-14(19)9-5-12)17(20-23-18)13-6-10-15(11-7-13)25(2,21)22/h4-11H,3H2,1-2H3. The van der Waals surface area contributed by atoms with E-state index >= 15 is 0 Å². The Balaban J connectivity index is 2.12. The third kappa shape index (κ3) is 3.77. The molecule has 0 radical (unpaired) electrons. The molecule has 0 saturated heterocycles. The van der Waals surface area contributed by atoms with Gasteiger partial charge < -0.3 is 4.52 Å². The summed E-state index contributed by atoms with van der Waals surface area (Å²) in [5.74, 6) is 0.486. The van der Waals surface area contributed by atoms with E-state index in [0.29, 0.717) is 10.8 Å². The minimum atomic E-state index is -3.26. The van der Waals surface area contributed by atoms with Crippen LogP contribution in [0.5, 0.6) is 0 Å². The molecule has 0 atom stereocenters. The van der Waals surface area contributed by atoms with Crippen LogP contribution >= 0.6 is 11.8 Å². The maximum atomic E-state index is 13.3. The van der Waals surface area contributed by atoms with Gasteiger partial charge in [-0.25, -0.2) is 12.8 Å². The second-order valence-electron chi connectivity index (χ2n) is 5.43. The van der Waals surface area contributed by atoms with E-state index in [2.05, 4.69) is 5.16 Å². The second-order valence-corrected chi connectivity index (χ2v) is 8.68. The Morgan fingerprint density at radius 2 is 1.64 bits per heavy atom. The fourth-order valence-corrected chi connectivity index (χ4v) is 3.77. The molecule has 1 aromatic heterocycles. The molecule has 0 amide bonds. The first-order valence-electron chi connectivity index (χ1n) is 7.59. The maximum absolute atomic E-state index is 13.3. The molecule has 25 heavy (non-hydrogen) atoms. The maximum Gasteiger partial charge on any atom is 0.201 e. The lowest BCUT2D eigenvalue weighted by molar-refractivity contribution is 0.352. The van der Waals surface area contributed by atoms with Crippen LogP contribution in [0.15, 0.2) is 63.0 Å². The molecule has 0 unspecified atom stereocenters. The molecule has 0 N–H and O–H groups in total. The SMILES string of the molecule is CCSc1onc(-c2ccc(S(C)(=O)=O)cc2)c1-c1ccc(F)cc1. The highest BCUT2D eigenvalue weighted by Gasteiger charge is 2.20. The van der Waals surface area contributed by atoms with Crippen LogP contribution in [0.2, 0.25) is 0 Å². The largest absolute Gasteiger partial charge is 0.349 e. The quantitative estimate of drug-likeness (QED) is 0.605. The summed E-state index contributed by atoms with van der Waals surface area (Å²) in [6.45, 7) is 2.00. The molecule has 0 saturated carbocycles.